The smallest absolute Gasteiger partial charge is 0.261 e. The van der Waals surface area contributed by atoms with E-state index in [0.717, 1.165) is 18.2 Å². The summed E-state index contributed by atoms with van der Waals surface area (Å²) in [6.45, 7) is 0.204. The van der Waals surface area contributed by atoms with Gasteiger partial charge in [0.25, 0.3) is 10.0 Å². The minimum atomic E-state index is -3.90. The number of hydrogen-bond acceptors (Lipinski definition) is 3. The van der Waals surface area contributed by atoms with E-state index < -0.39 is 21.7 Å². The van der Waals surface area contributed by atoms with Crippen LogP contribution in [0.1, 0.15) is 5.56 Å². The van der Waals surface area contributed by atoms with Gasteiger partial charge in [-0.2, -0.15) is 0 Å². The molecule has 7 heteroatoms. The fourth-order valence-corrected chi connectivity index (χ4v) is 2.91. The molecule has 4 nitrogen and oxygen atoms in total. The lowest BCUT2D eigenvalue weighted by molar-refractivity contribution is 0.591. The first kappa shape index (κ1) is 15.4. The molecule has 0 saturated heterocycles. The molecule has 0 bridgehead atoms. The van der Waals surface area contributed by atoms with E-state index in [1.54, 1.807) is 7.05 Å². The summed E-state index contributed by atoms with van der Waals surface area (Å²) in [5, 5.41) is 2.76. The molecule has 0 atom stereocenters. The number of sulfonamides is 1. The highest BCUT2D eigenvalue weighted by Crippen LogP contribution is 2.19. The van der Waals surface area contributed by atoms with E-state index in [9.17, 15) is 17.2 Å². The van der Waals surface area contributed by atoms with E-state index in [1.165, 1.54) is 24.3 Å². The first-order valence-corrected chi connectivity index (χ1v) is 7.62. The largest absolute Gasteiger partial charge is 0.316 e. The predicted molar refractivity (Wildman–Crippen MR) is 76.4 cm³/mol. The lowest BCUT2D eigenvalue weighted by Crippen LogP contribution is -2.15. The number of halogens is 2. The Bertz CT molecular complexity index is 748. The van der Waals surface area contributed by atoms with Crippen molar-refractivity contribution < 1.29 is 17.2 Å². The molecule has 0 spiro atoms. The first-order chi connectivity index (χ1) is 9.92. The van der Waals surface area contributed by atoms with Gasteiger partial charge in [-0.05, 0) is 43.4 Å². The summed E-state index contributed by atoms with van der Waals surface area (Å²) in [6.07, 6.45) is 0. The van der Waals surface area contributed by atoms with Crippen LogP contribution < -0.4 is 10.0 Å². The van der Waals surface area contributed by atoms with Crippen molar-refractivity contribution in [2.24, 2.45) is 0 Å². The van der Waals surface area contributed by atoms with Gasteiger partial charge in [-0.15, -0.1) is 0 Å². The summed E-state index contributed by atoms with van der Waals surface area (Å²) in [6, 6.07) is 8.59. The van der Waals surface area contributed by atoms with Crippen LogP contribution in [0.3, 0.4) is 0 Å². The second kappa shape index (κ2) is 6.19. The van der Waals surface area contributed by atoms with Gasteiger partial charge < -0.3 is 5.32 Å². The third kappa shape index (κ3) is 3.77. The molecule has 2 rings (SSSR count). The average Bonchev–Trinajstić information content (AvgIpc) is 2.41. The van der Waals surface area contributed by atoms with Crippen molar-refractivity contribution in [1.82, 2.24) is 5.32 Å². The maximum atomic E-state index is 13.5. The van der Waals surface area contributed by atoms with Crippen molar-refractivity contribution in [3.8, 4) is 0 Å². The number of nitrogens with one attached hydrogen (secondary N) is 2. The standard InChI is InChI=1S/C14H14F2N2O2S/c1-17-9-10-7-13(5-6-14(10)16)21(19,20)18-12-4-2-3-11(15)8-12/h2-8,17-18H,9H2,1H3. The van der Waals surface area contributed by atoms with Crippen molar-refractivity contribution in [3.63, 3.8) is 0 Å². The van der Waals surface area contributed by atoms with E-state index in [4.69, 9.17) is 0 Å². The maximum Gasteiger partial charge on any atom is 0.261 e. The monoisotopic (exact) mass is 312 g/mol. The number of hydrogen-bond donors (Lipinski definition) is 2. The van der Waals surface area contributed by atoms with Gasteiger partial charge in [0.2, 0.25) is 0 Å². The van der Waals surface area contributed by atoms with Crippen molar-refractivity contribution in [1.29, 1.82) is 0 Å². The molecule has 0 amide bonds. The third-order valence-electron chi connectivity index (χ3n) is 2.77. The molecule has 112 valence electrons. The second-order valence-corrected chi connectivity index (χ2v) is 6.08. The van der Waals surface area contributed by atoms with Crippen LogP contribution in [0.15, 0.2) is 47.4 Å². The van der Waals surface area contributed by atoms with Crippen molar-refractivity contribution in [2.45, 2.75) is 11.4 Å². The highest BCUT2D eigenvalue weighted by atomic mass is 32.2. The van der Waals surface area contributed by atoms with Crippen LogP contribution >= 0.6 is 0 Å². The first-order valence-electron chi connectivity index (χ1n) is 6.14. The van der Waals surface area contributed by atoms with Gasteiger partial charge in [0.1, 0.15) is 11.6 Å². The van der Waals surface area contributed by atoms with Crippen LogP contribution in [-0.4, -0.2) is 15.5 Å². The van der Waals surface area contributed by atoms with Gasteiger partial charge >= 0.3 is 0 Å². The molecule has 21 heavy (non-hydrogen) atoms. The molecule has 0 aromatic heterocycles. The highest BCUT2D eigenvalue weighted by molar-refractivity contribution is 7.92. The normalized spacial score (nSPS) is 11.4. The lowest BCUT2D eigenvalue weighted by Gasteiger charge is -2.10. The summed E-state index contributed by atoms with van der Waals surface area (Å²) in [4.78, 5) is -0.0848. The Hall–Kier alpha value is -1.99. The lowest BCUT2D eigenvalue weighted by atomic mass is 10.2. The molecule has 0 heterocycles. The van der Waals surface area contributed by atoms with Crippen molar-refractivity contribution in [3.05, 3.63) is 59.7 Å². The van der Waals surface area contributed by atoms with Crippen LogP contribution in [-0.2, 0) is 16.6 Å². The molecule has 0 fully saturated rings. The molecule has 0 aliphatic rings. The summed E-state index contributed by atoms with van der Waals surface area (Å²) in [5.41, 5.74) is 0.342. The fraction of sp³-hybridized carbons (Fsp3) is 0.143. The summed E-state index contributed by atoms with van der Waals surface area (Å²) < 4.78 is 53.3. The van der Waals surface area contributed by atoms with Gasteiger partial charge in [0.05, 0.1) is 10.6 Å². The van der Waals surface area contributed by atoms with Gasteiger partial charge in [-0.1, -0.05) is 6.07 Å². The fourth-order valence-electron chi connectivity index (χ4n) is 1.81. The zero-order chi connectivity index (χ0) is 15.5. The molecule has 0 unspecified atom stereocenters. The molecule has 0 aliphatic heterocycles. The van der Waals surface area contributed by atoms with Crippen LogP contribution in [0, 0.1) is 11.6 Å². The predicted octanol–water partition coefficient (Wildman–Crippen LogP) is 2.49. The Balaban J connectivity index is 2.33. The van der Waals surface area contributed by atoms with Crippen LogP contribution in [0.4, 0.5) is 14.5 Å². The Morgan fingerprint density at radius 2 is 1.86 bits per heavy atom. The van der Waals surface area contributed by atoms with Gasteiger partial charge in [0, 0.05) is 12.1 Å². The third-order valence-corrected chi connectivity index (χ3v) is 4.15. The average molecular weight is 312 g/mol. The Morgan fingerprint density at radius 1 is 1.10 bits per heavy atom. The highest BCUT2D eigenvalue weighted by Gasteiger charge is 2.16. The molecule has 0 radical (unpaired) electrons. The van der Waals surface area contributed by atoms with E-state index in [1.807, 2.05) is 0 Å². The van der Waals surface area contributed by atoms with E-state index in [2.05, 4.69) is 10.0 Å². The maximum absolute atomic E-state index is 13.5. The molecule has 2 aromatic rings. The van der Waals surface area contributed by atoms with Crippen LogP contribution in [0.5, 0.6) is 0 Å². The van der Waals surface area contributed by atoms with E-state index in [-0.39, 0.29) is 22.7 Å². The van der Waals surface area contributed by atoms with Crippen molar-refractivity contribution in [2.75, 3.05) is 11.8 Å². The minimum Gasteiger partial charge on any atom is -0.316 e. The van der Waals surface area contributed by atoms with Gasteiger partial charge in [-0.3, -0.25) is 4.72 Å². The molecule has 2 N–H and O–H groups in total. The molecular weight excluding hydrogens is 298 g/mol. The van der Waals surface area contributed by atoms with E-state index in [0.29, 0.717) is 0 Å². The number of benzene rings is 2. The summed E-state index contributed by atoms with van der Waals surface area (Å²) in [7, 11) is -2.27. The van der Waals surface area contributed by atoms with Gasteiger partial charge in [0.15, 0.2) is 0 Å². The number of rotatable bonds is 5. The quantitative estimate of drug-likeness (QED) is 0.892. The summed E-state index contributed by atoms with van der Waals surface area (Å²) >= 11 is 0. The molecule has 0 aliphatic carbocycles. The van der Waals surface area contributed by atoms with E-state index >= 15 is 0 Å². The second-order valence-electron chi connectivity index (χ2n) is 4.40. The topological polar surface area (TPSA) is 58.2 Å². The number of anilines is 1. The Labute approximate surface area is 121 Å². The van der Waals surface area contributed by atoms with Crippen LogP contribution in [0.2, 0.25) is 0 Å². The SMILES string of the molecule is CNCc1cc(S(=O)(=O)Nc2cccc(F)c2)ccc1F. The molecular formula is C14H14F2N2O2S. The van der Waals surface area contributed by atoms with Crippen LogP contribution in [0.25, 0.3) is 0 Å². The van der Waals surface area contributed by atoms with Crippen molar-refractivity contribution >= 4 is 15.7 Å². The molecule has 2 aromatic carbocycles. The van der Waals surface area contributed by atoms with Gasteiger partial charge in [-0.25, -0.2) is 17.2 Å². The Kier molecular flexibility index (Phi) is 4.54. The zero-order valence-electron chi connectivity index (χ0n) is 11.2. The summed E-state index contributed by atoms with van der Waals surface area (Å²) in [5.74, 6) is -1.04. The zero-order valence-corrected chi connectivity index (χ0v) is 12.0. The molecule has 0 saturated carbocycles. The minimum absolute atomic E-state index is 0.0848. The Morgan fingerprint density at radius 3 is 2.52 bits per heavy atom.